The highest BCUT2D eigenvalue weighted by Crippen LogP contribution is 2.28. The van der Waals surface area contributed by atoms with Crippen molar-refractivity contribution in [2.75, 3.05) is 11.4 Å². The van der Waals surface area contributed by atoms with Gasteiger partial charge in [0.15, 0.2) is 5.82 Å². The molecule has 0 aromatic carbocycles. The van der Waals surface area contributed by atoms with Crippen LogP contribution >= 0.6 is 44.9 Å². The molecule has 1 aliphatic heterocycles. The molecule has 2 rings (SSSR count). The first-order valence-corrected chi connectivity index (χ1v) is 8.54. The van der Waals surface area contributed by atoms with Crippen LogP contribution in [0.15, 0.2) is 6.20 Å². The van der Waals surface area contributed by atoms with Gasteiger partial charge in [0.1, 0.15) is 5.25 Å². The summed E-state index contributed by atoms with van der Waals surface area (Å²) in [7, 11) is 1.49. The average molecular weight is 422 g/mol. The Morgan fingerprint density at radius 2 is 2.17 bits per heavy atom. The largest absolute Gasteiger partial charge is 0.294 e. The summed E-state index contributed by atoms with van der Waals surface area (Å²) in [5, 5.41) is -0.924. The SMILES string of the molecule is O=C1CC(S(=O)(=O)Cl)CN1c1nc(Cl)ncc1I. The molecule has 0 spiro atoms. The smallest absolute Gasteiger partial charge is 0.237 e. The van der Waals surface area contributed by atoms with E-state index in [1.165, 1.54) is 11.1 Å². The van der Waals surface area contributed by atoms with E-state index in [9.17, 15) is 13.2 Å². The number of amides is 1. The summed E-state index contributed by atoms with van der Waals surface area (Å²) in [5.74, 6) is -0.0414. The molecule has 10 heteroatoms. The molecule has 1 atom stereocenters. The maximum atomic E-state index is 11.8. The highest BCUT2D eigenvalue weighted by atomic mass is 127. The molecule has 1 aromatic heterocycles. The van der Waals surface area contributed by atoms with Crippen LogP contribution in [0.4, 0.5) is 5.82 Å². The van der Waals surface area contributed by atoms with E-state index in [2.05, 4.69) is 9.97 Å². The van der Waals surface area contributed by atoms with Crippen molar-refractivity contribution in [1.29, 1.82) is 0 Å². The first kappa shape index (κ1) is 14.2. The van der Waals surface area contributed by atoms with Crippen molar-refractivity contribution in [1.82, 2.24) is 9.97 Å². The number of carbonyl (C=O) groups is 1. The summed E-state index contributed by atoms with van der Waals surface area (Å²) in [5.41, 5.74) is 0. The molecule has 98 valence electrons. The van der Waals surface area contributed by atoms with Gasteiger partial charge in [-0.25, -0.2) is 13.4 Å². The molecule has 1 aromatic rings. The number of hydrogen-bond acceptors (Lipinski definition) is 5. The minimum absolute atomic E-state index is 0.00426. The summed E-state index contributed by atoms with van der Waals surface area (Å²) < 4.78 is 23.1. The Morgan fingerprint density at radius 1 is 1.50 bits per heavy atom. The molecular formula is C8H6Cl2IN3O3S. The zero-order valence-electron chi connectivity index (χ0n) is 8.68. The second-order valence-electron chi connectivity index (χ2n) is 3.62. The first-order chi connectivity index (χ1) is 8.29. The van der Waals surface area contributed by atoms with Gasteiger partial charge in [0.2, 0.25) is 20.2 Å². The Balaban J connectivity index is 2.35. The number of hydrogen-bond donors (Lipinski definition) is 0. The standard InChI is InChI=1S/C8H6Cl2IN3O3S/c9-8-12-2-5(11)7(13-8)14-3-4(1-6(14)15)18(10,16)17/h2,4H,1,3H2. The summed E-state index contributed by atoms with van der Waals surface area (Å²) >= 11 is 7.61. The fourth-order valence-electron chi connectivity index (χ4n) is 1.59. The van der Waals surface area contributed by atoms with Gasteiger partial charge >= 0.3 is 0 Å². The maximum Gasteiger partial charge on any atom is 0.237 e. The van der Waals surface area contributed by atoms with Crippen LogP contribution in [0.3, 0.4) is 0 Å². The lowest BCUT2D eigenvalue weighted by atomic mass is 10.4. The van der Waals surface area contributed by atoms with Gasteiger partial charge in [-0.15, -0.1) is 0 Å². The Bertz CT molecular complexity index is 610. The third-order valence-electron chi connectivity index (χ3n) is 2.44. The van der Waals surface area contributed by atoms with Crippen molar-refractivity contribution in [2.45, 2.75) is 11.7 Å². The highest BCUT2D eigenvalue weighted by Gasteiger charge is 2.39. The molecule has 18 heavy (non-hydrogen) atoms. The van der Waals surface area contributed by atoms with Crippen LogP contribution in [0.1, 0.15) is 6.42 Å². The highest BCUT2D eigenvalue weighted by molar-refractivity contribution is 14.1. The Labute approximate surface area is 126 Å². The minimum Gasteiger partial charge on any atom is -0.294 e. The second kappa shape index (κ2) is 5.06. The van der Waals surface area contributed by atoms with E-state index in [1.54, 1.807) is 0 Å². The number of rotatable bonds is 2. The van der Waals surface area contributed by atoms with Crippen molar-refractivity contribution in [3.05, 3.63) is 15.1 Å². The second-order valence-corrected chi connectivity index (χ2v) is 8.03. The van der Waals surface area contributed by atoms with Crippen LogP contribution in [-0.4, -0.2) is 36.1 Å². The monoisotopic (exact) mass is 421 g/mol. The van der Waals surface area contributed by atoms with Crippen LogP contribution in [0, 0.1) is 3.57 Å². The Morgan fingerprint density at radius 3 is 2.72 bits per heavy atom. The number of carbonyl (C=O) groups excluding carboxylic acids is 1. The van der Waals surface area contributed by atoms with Gasteiger partial charge in [-0.2, -0.15) is 4.98 Å². The average Bonchev–Trinajstić information content (AvgIpc) is 2.64. The molecule has 6 nitrogen and oxygen atoms in total. The molecule has 1 unspecified atom stereocenters. The van der Waals surface area contributed by atoms with Crippen molar-refractivity contribution < 1.29 is 13.2 Å². The molecule has 2 heterocycles. The van der Waals surface area contributed by atoms with Crippen LogP contribution in [0.5, 0.6) is 0 Å². The Hall–Kier alpha value is -0.190. The van der Waals surface area contributed by atoms with Gasteiger partial charge in [-0.1, -0.05) is 0 Å². The van der Waals surface area contributed by atoms with E-state index in [-0.39, 0.29) is 24.2 Å². The van der Waals surface area contributed by atoms with E-state index < -0.39 is 14.3 Å². The van der Waals surface area contributed by atoms with Crippen molar-refractivity contribution in [2.24, 2.45) is 0 Å². The van der Waals surface area contributed by atoms with Gasteiger partial charge < -0.3 is 0 Å². The van der Waals surface area contributed by atoms with Gasteiger partial charge in [-0.05, 0) is 34.2 Å². The fourth-order valence-corrected chi connectivity index (χ4v) is 3.30. The van der Waals surface area contributed by atoms with Crippen LogP contribution in [0.25, 0.3) is 0 Å². The van der Waals surface area contributed by atoms with Crippen molar-refractivity contribution in [3.63, 3.8) is 0 Å². The van der Waals surface area contributed by atoms with E-state index in [4.69, 9.17) is 22.3 Å². The summed E-state index contributed by atoms with van der Waals surface area (Å²) in [6.45, 7) is -0.0198. The van der Waals surface area contributed by atoms with E-state index >= 15 is 0 Å². The molecule has 0 bridgehead atoms. The fraction of sp³-hybridized carbons (Fsp3) is 0.375. The lowest BCUT2D eigenvalue weighted by Crippen LogP contribution is -2.28. The maximum absolute atomic E-state index is 11.8. The van der Waals surface area contributed by atoms with Crippen LogP contribution < -0.4 is 4.90 Å². The lowest BCUT2D eigenvalue weighted by Gasteiger charge is -2.16. The third-order valence-corrected chi connectivity index (χ3v) is 5.25. The predicted octanol–water partition coefficient (Wildman–Crippen LogP) is 1.41. The number of nitrogens with zero attached hydrogens (tertiary/aromatic N) is 3. The molecule has 0 N–H and O–H groups in total. The third kappa shape index (κ3) is 2.86. The molecule has 0 saturated carbocycles. The van der Waals surface area contributed by atoms with Gasteiger partial charge in [-0.3, -0.25) is 9.69 Å². The number of halogens is 3. The molecule has 1 amide bonds. The summed E-state index contributed by atoms with van der Waals surface area (Å²) in [6.07, 6.45) is 1.31. The number of aromatic nitrogens is 2. The predicted molar refractivity (Wildman–Crippen MR) is 75.3 cm³/mol. The van der Waals surface area contributed by atoms with Gasteiger partial charge in [0.25, 0.3) is 0 Å². The molecule has 1 fully saturated rings. The van der Waals surface area contributed by atoms with E-state index in [0.717, 1.165) is 0 Å². The normalized spacial score (nSPS) is 20.5. The molecule has 0 aliphatic carbocycles. The van der Waals surface area contributed by atoms with Gasteiger partial charge in [0.05, 0.1) is 3.57 Å². The minimum atomic E-state index is -3.77. The molecule has 1 saturated heterocycles. The zero-order chi connectivity index (χ0) is 13.5. The van der Waals surface area contributed by atoms with Crippen LogP contribution in [0.2, 0.25) is 5.28 Å². The summed E-state index contributed by atoms with van der Waals surface area (Å²) in [4.78, 5) is 20.8. The zero-order valence-corrected chi connectivity index (χ0v) is 13.2. The Kier molecular flexibility index (Phi) is 4.00. The first-order valence-electron chi connectivity index (χ1n) is 4.71. The van der Waals surface area contributed by atoms with E-state index in [1.807, 2.05) is 22.6 Å². The van der Waals surface area contributed by atoms with Crippen molar-refractivity contribution in [3.8, 4) is 0 Å². The molecule has 1 aliphatic rings. The number of anilines is 1. The van der Waals surface area contributed by atoms with E-state index in [0.29, 0.717) is 9.39 Å². The van der Waals surface area contributed by atoms with Gasteiger partial charge in [0, 0.05) is 29.8 Å². The summed E-state index contributed by atoms with van der Waals surface area (Å²) in [6, 6.07) is 0. The molecular weight excluding hydrogens is 416 g/mol. The molecule has 0 radical (unpaired) electrons. The topological polar surface area (TPSA) is 80.2 Å². The lowest BCUT2D eigenvalue weighted by molar-refractivity contribution is -0.117. The quantitative estimate of drug-likeness (QED) is 0.409. The van der Waals surface area contributed by atoms with Crippen molar-refractivity contribution >= 4 is 65.7 Å². The van der Waals surface area contributed by atoms with Crippen LogP contribution in [-0.2, 0) is 13.8 Å².